The van der Waals surface area contributed by atoms with Crippen LogP contribution in [0.3, 0.4) is 0 Å². The average molecular weight is 314 g/mol. The van der Waals surface area contributed by atoms with Crippen molar-refractivity contribution in [3.63, 3.8) is 0 Å². The van der Waals surface area contributed by atoms with E-state index >= 15 is 0 Å². The van der Waals surface area contributed by atoms with E-state index in [0.29, 0.717) is 6.10 Å². The minimum atomic E-state index is 0.350. The third-order valence-corrected chi connectivity index (χ3v) is 3.57. The van der Waals surface area contributed by atoms with Crippen molar-refractivity contribution in [2.45, 2.75) is 25.5 Å². The van der Waals surface area contributed by atoms with Gasteiger partial charge in [-0.05, 0) is 41.9 Å². The highest BCUT2D eigenvalue weighted by Crippen LogP contribution is 2.22. The number of rotatable bonds is 5. The first-order chi connectivity index (χ1) is 8.70. The molecule has 1 aromatic rings. The molecule has 0 amide bonds. The zero-order valence-corrected chi connectivity index (χ0v) is 12.5. The molecule has 0 aliphatic carbocycles. The molecule has 1 atom stereocenters. The lowest BCUT2D eigenvalue weighted by atomic mass is 10.2. The van der Waals surface area contributed by atoms with E-state index < -0.39 is 0 Å². The third kappa shape index (κ3) is 3.43. The van der Waals surface area contributed by atoms with Crippen molar-refractivity contribution in [2.24, 2.45) is 0 Å². The monoisotopic (exact) mass is 313 g/mol. The predicted molar refractivity (Wildman–Crippen MR) is 76.9 cm³/mol. The van der Waals surface area contributed by atoms with Gasteiger partial charge in [0.25, 0.3) is 0 Å². The van der Waals surface area contributed by atoms with Crippen molar-refractivity contribution < 1.29 is 4.74 Å². The fourth-order valence-electron chi connectivity index (χ4n) is 2.32. The first kappa shape index (κ1) is 13.8. The van der Waals surface area contributed by atoms with Crippen LogP contribution in [-0.2, 0) is 11.3 Å². The second-order valence-corrected chi connectivity index (χ2v) is 5.60. The Labute approximate surface area is 117 Å². The van der Waals surface area contributed by atoms with Crippen LogP contribution in [0.4, 0.5) is 5.82 Å². The zero-order valence-electron chi connectivity index (χ0n) is 10.9. The Morgan fingerprint density at radius 1 is 1.61 bits per heavy atom. The van der Waals surface area contributed by atoms with Gasteiger partial charge in [0.2, 0.25) is 0 Å². The van der Waals surface area contributed by atoms with E-state index in [4.69, 9.17) is 4.74 Å². The summed E-state index contributed by atoms with van der Waals surface area (Å²) < 4.78 is 6.69. The molecule has 1 fully saturated rings. The van der Waals surface area contributed by atoms with Crippen molar-refractivity contribution in [1.82, 2.24) is 10.3 Å². The Kier molecular flexibility index (Phi) is 4.97. The Bertz CT molecular complexity index is 394. The van der Waals surface area contributed by atoms with E-state index in [1.807, 2.05) is 13.2 Å². The first-order valence-electron chi connectivity index (χ1n) is 6.32. The maximum absolute atomic E-state index is 5.67. The Balaban J connectivity index is 2.09. The maximum atomic E-state index is 5.67. The lowest BCUT2D eigenvalue weighted by Crippen LogP contribution is -2.30. The molecule has 0 bridgehead atoms. The molecule has 0 saturated carbocycles. The lowest BCUT2D eigenvalue weighted by molar-refractivity contribution is 0.116. The highest BCUT2D eigenvalue weighted by atomic mass is 79.9. The summed E-state index contributed by atoms with van der Waals surface area (Å²) in [7, 11) is 4.03. The van der Waals surface area contributed by atoms with Crippen molar-refractivity contribution >= 4 is 21.7 Å². The van der Waals surface area contributed by atoms with Crippen LogP contribution < -0.4 is 10.2 Å². The van der Waals surface area contributed by atoms with Gasteiger partial charge in [0.05, 0.1) is 6.10 Å². The summed E-state index contributed by atoms with van der Waals surface area (Å²) in [5.74, 6) is 1.03. The average Bonchev–Trinajstić information content (AvgIpc) is 2.82. The zero-order chi connectivity index (χ0) is 13.0. The van der Waals surface area contributed by atoms with Crippen molar-refractivity contribution in [3.05, 3.63) is 22.3 Å². The number of anilines is 1. The molecule has 1 aromatic heterocycles. The molecular weight excluding hydrogens is 294 g/mol. The molecule has 1 N–H and O–H groups in total. The molecule has 2 rings (SSSR count). The van der Waals surface area contributed by atoms with E-state index in [1.54, 1.807) is 0 Å². The highest BCUT2D eigenvalue weighted by Gasteiger charge is 2.19. The summed E-state index contributed by atoms with van der Waals surface area (Å²) in [4.78, 5) is 6.71. The van der Waals surface area contributed by atoms with Gasteiger partial charge >= 0.3 is 0 Å². The van der Waals surface area contributed by atoms with Crippen LogP contribution >= 0.6 is 15.9 Å². The summed E-state index contributed by atoms with van der Waals surface area (Å²) in [5, 5.41) is 3.18. The lowest BCUT2D eigenvalue weighted by Gasteiger charge is -2.24. The van der Waals surface area contributed by atoms with Crippen LogP contribution in [0.1, 0.15) is 18.4 Å². The molecule has 1 aliphatic heterocycles. The SMILES string of the molecule is CNCc1cc(Br)cnc1N(C)CC1CCCO1. The molecule has 18 heavy (non-hydrogen) atoms. The summed E-state index contributed by atoms with van der Waals surface area (Å²) in [6, 6.07) is 2.12. The molecule has 1 aliphatic rings. The fourth-order valence-corrected chi connectivity index (χ4v) is 2.70. The topological polar surface area (TPSA) is 37.4 Å². The molecule has 4 nitrogen and oxygen atoms in total. The number of aromatic nitrogens is 1. The van der Waals surface area contributed by atoms with Gasteiger partial charge in [-0.1, -0.05) is 0 Å². The molecule has 1 unspecified atom stereocenters. The maximum Gasteiger partial charge on any atom is 0.132 e. The van der Waals surface area contributed by atoms with Crippen LogP contribution in [0, 0.1) is 0 Å². The van der Waals surface area contributed by atoms with Crippen molar-refractivity contribution in [3.8, 4) is 0 Å². The number of hydrogen-bond donors (Lipinski definition) is 1. The number of likely N-dealkylation sites (N-methyl/N-ethyl adjacent to an activating group) is 1. The minimum absolute atomic E-state index is 0.350. The third-order valence-electron chi connectivity index (χ3n) is 3.14. The number of pyridine rings is 1. The highest BCUT2D eigenvalue weighted by molar-refractivity contribution is 9.10. The number of nitrogens with zero attached hydrogens (tertiary/aromatic N) is 2. The van der Waals surface area contributed by atoms with E-state index in [2.05, 4.69) is 44.2 Å². The van der Waals surface area contributed by atoms with E-state index in [0.717, 1.165) is 36.4 Å². The second kappa shape index (κ2) is 6.50. The van der Waals surface area contributed by atoms with Crippen molar-refractivity contribution in [1.29, 1.82) is 0 Å². The van der Waals surface area contributed by atoms with Gasteiger partial charge in [-0.3, -0.25) is 0 Å². The van der Waals surface area contributed by atoms with Crippen LogP contribution in [-0.4, -0.2) is 38.3 Å². The van der Waals surface area contributed by atoms with Gasteiger partial charge in [0.1, 0.15) is 5.82 Å². The van der Waals surface area contributed by atoms with Gasteiger partial charge in [0, 0.05) is 43.0 Å². The van der Waals surface area contributed by atoms with Gasteiger partial charge < -0.3 is 15.0 Å². The number of halogens is 1. The van der Waals surface area contributed by atoms with Crippen LogP contribution in [0.2, 0.25) is 0 Å². The van der Waals surface area contributed by atoms with E-state index in [9.17, 15) is 0 Å². The molecule has 0 radical (unpaired) electrons. The fraction of sp³-hybridized carbons (Fsp3) is 0.615. The Hall–Kier alpha value is -0.650. The summed E-state index contributed by atoms with van der Waals surface area (Å²) in [5.41, 5.74) is 1.20. The molecule has 1 saturated heterocycles. The Morgan fingerprint density at radius 3 is 3.11 bits per heavy atom. The molecule has 2 heterocycles. The van der Waals surface area contributed by atoms with Crippen LogP contribution in [0.5, 0.6) is 0 Å². The molecular formula is C13H20BrN3O. The first-order valence-corrected chi connectivity index (χ1v) is 7.11. The summed E-state index contributed by atoms with van der Waals surface area (Å²) in [6.07, 6.45) is 4.53. The van der Waals surface area contributed by atoms with E-state index in [1.165, 1.54) is 12.0 Å². The van der Waals surface area contributed by atoms with E-state index in [-0.39, 0.29) is 0 Å². The Morgan fingerprint density at radius 2 is 2.44 bits per heavy atom. The number of hydrogen-bond acceptors (Lipinski definition) is 4. The minimum Gasteiger partial charge on any atom is -0.376 e. The molecule has 100 valence electrons. The predicted octanol–water partition coefficient (Wildman–Crippen LogP) is 2.18. The van der Waals surface area contributed by atoms with Gasteiger partial charge in [-0.2, -0.15) is 0 Å². The van der Waals surface area contributed by atoms with Crippen LogP contribution in [0.25, 0.3) is 0 Å². The second-order valence-electron chi connectivity index (χ2n) is 4.68. The summed E-state index contributed by atoms with van der Waals surface area (Å²) in [6.45, 7) is 2.62. The number of nitrogens with one attached hydrogen (secondary N) is 1. The van der Waals surface area contributed by atoms with Gasteiger partial charge in [-0.15, -0.1) is 0 Å². The quantitative estimate of drug-likeness (QED) is 0.904. The van der Waals surface area contributed by atoms with Crippen LogP contribution in [0.15, 0.2) is 16.7 Å². The normalized spacial score (nSPS) is 19.2. The molecule has 0 spiro atoms. The van der Waals surface area contributed by atoms with Gasteiger partial charge in [0.15, 0.2) is 0 Å². The largest absolute Gasteiger partial charge is 0.376 e. The summed E-state index contributed by atoms with van der Waals surface area (Å²) >= 11 is 3.47. The smallest absolute Gasteiger partial charge is 0.132 e. The standard InChI is InChI=1S/C13H20BrN3O/c1-15-7-10-6-11(14)8-16-13(10)17(2)9-12-4-3-5-18-12/h6,8,12,15H,3-5,7,9H2,1-2H3. The molecule has 5 heteroatoms. The molecule has 0 aromatic carbocycles. The van der Waals surface area contributed by atoms with Crippen molar-refractivity contribution in [2.75, 3.05) is 32.1 Å². The van der Waals surface area contributed by atoms with Gasteiger partial charge in [-0.25, -0.2) is 4.98 Å². The number of ether oxygens (including phenoxy) is 1.